The minimum absolute atomic E-state index is 0.0863. The van der Waals surface area contributed by atoms with Gasteiger partial charge in [0.25, 0.3) is 0 Å². The number of fused-ring (bicyclic) bond motifs is 2. The Morgan fingerprint density at radius 3 is 2.47 bits per heavy atom. The van der Waals surface area contributed by atoms with Crippen LogP contribution in [-0.2, 0) is 11.3 Å². The van der Waals surface area contributed by atoms with Crippen LogP contribution in [0.25, 0.3) is 0 Å². The maximum Gasteiger partial charge on any atom is 0.234 e. The Morgan fingerprint density at radius 1 is 0.882 bits per heavy atom. The number of aromatic nitrogens is 1. The van der Waals surface area contributed by atoms with Gasteiger partial charge in [-0.15, -0.1) is 0 Å². The Labute approximate surface area is 203 Å². The highest BCUT2D eigenvalue weighted by Gasteiger charge is 2.17. The lowest BCUT2D eigenvalue weighted by Crippen LogP contribution is -2.41. The zero-order chi connectivity index (χ0) is 23.4. The van der Waals surface area contributed by atoms with E-state index >= 15 is 0 Å². The third-order valence-corrected chi connectivity index (χ3v) is 6.49. The van der Waals surface area contributed by atoms with Crippen LogP contribution < -0.4 is 14.8 Å². The molecule has 2 aliphatic heterocycles. The molecule has 0 saturated carbocycles. The average Bonchev–Trinajstić information content (AvgIpc) is 2.86. The lowest BCUT2D eigenvalue weighted by Gasteiger charge is -2.27. The Hall–Kier alpha value is -2.64. The van der Waals surface area contributed by atoms with Crippen LogP contribution in [0.15, 0.2) is 42.6 Å². The molecule has 0 bridgehead atoms. The van der Waals surface area contributed by atoms with E-state index in [0.717, 1.165) is 63.2 Å². The van der Waals surface area contributed by atoms with Gasteiger partial charge in [-0.25, -0.2) is 4.98 Å². The summed E-state index contributed by atoms with van der Waals surface area (Å²) in [7, 11) is 0. The molecule has 2 aliphatic rings. The number of ether oxygens (including phenoxy) is 2. The second-order valence-corrected chi connectivity index (χ2v) is 9.24. The number of carbonyl (C=O) groups is 1. The van der Waals surface area contributed by atoms with Gasteiger partial charge in [-0.3, -0.25) is 9.69 Å². The minimum Gasteiger partial charge on any atom is -0.490 e. The summed E-state index contributed by atoms with van der Waals surface area (Å²) in [5.74, 6) is 2.05. The predicted octanol–water partition coefficient (Wildman–Crippen LogP) is 4.23. The molecular formula is C27H38N4O3. The van der Waals surface area contributed by atoms with E-state index in [1.807, 2.05) is 36.4 Å². The molecule has 1 aromatic carbocycles. The monoisotopic (exact) mass is 466 g/mol. The Bertz CT molecular complexity index is 901. The molecule has 3 heterocycles. The molecule has 1 N–H and O–H groups in total. The number of hydrogen-bond donors (Lipinski definition) is 1. The van der Waals surface area contributed by atoms with Gasteiger partial charge in [-0.1, -0.05) is 37.5 Å². The molecule has 0 unspecified atom stereocenters. The van der Waals surface area contributed by atoms with Crippen molar-refractivity contribution in [1.29, 1.82) is 0 Å². The van der Waals surface area contributed by atoms with Crippen LogP contribution >= 0.6 is 0 Å². The van der Waals surface area contributed by atoms with Crippen molar-refractivity contribution in [2.24, 2.45) is 0 Å². The zero-order valence-corrected chi connectivity index (χ0v) is 20.2. The SMILES string of the molecule is O=C(CN1CCCCCCOc2ccccc2Oc2ncccc2C1)NCCN1CCCCC1. The number of carbonyl (C=O) groups excluding carboxylic acids is 1. The quantitative estimate of drug-likeness (QED) is 0.711. The fourth-order valence-electron chi connectivity index (χ4n) is 4.62. The van der Waals surface area contributed by atoms with E-state index in [4.69, 9.17) is 9.47 Å². The number of amides is 1. The molecule has 184 valence electrons. The molecule has 7 nitrogen and oxygen atoms in total. The normalized spacial score (nSPS) is 18.5. The molecule has 1 fully saturated rings. The number of benzene rings is 1. The summed E-state index contributed by atoms with van der Waals surface area (Å²) in [6, 6.07) is 11.7. The van der Waals surface area contributed by atoms with Gasteiger partial charge in [0.15, 0.2) is 11.5 Å². The molecule has 0 radical (unpaired) electrons. The summed E-state index contributed by atoms with van der Waals surface area (Å²) < 4.78 is 12.2. The first-order valence-corrected chi connectivity index (χ1v) is 12.8. The Kier molecular flexibility index (Phi) is 9.58. The van der Waals surface area contributed by atoms with Crippen LogP contribution in [0.4, 0.5) is 0 Å². The fourth-order valence-corrected chi connectivity index (χ4v) is 4.62. The molecular weight excluding hydrogens is 428 g/mol. The van der Waals surface area contributed by atoms with Crippen molar-refractivity contribution < 1.29 is 14.3 Å². The van der Waals surface area contributed by atoms with Gasteiger partial charge in [-0.2, -0.15) is 0 Å². The Balaban J connectivity index is 1.40. The molecule has 7 heteroatoms. The van der Waals surface area contributed by atoms with Crippen LogP contribution in [0.2, 0.25) is 0 Å². The van der Waals surface area contributed by atoms with Crippen LogP contribution in [-0.4, -0.2) is 66.6 Å². The van der Waals surface area contributed by atoms with Crippen molar-refractivity contribution in [1.82, 2.24) is 20.1 Å². The van der Waals surface area contributed by atoms with Crippen LogP contribution in [0.1, 0.15) is 50.5 Å². The van der Waals surface area contributed by atoms with E-state index in [-0.39, 0.29) is 5.91 Å². The summed E-state index contributed by atoms with van der Waals surface area (Å²) in [4.78, 5) is 21.9. The number of nitrogens with zero attached hydrogens (tertiary/aromatic N) is 3. The second-order valence-electron chi connectivity index (χ2n) is 9.24. The first-order valence-electron chi connectivity index (χ1n) is 12.8. The minimum atomic E-state index is 0.0863. The topological polar surface area (TPSA) is 66.9 Å². The Morgan fingerprint density at radius 2 is 1.62 bits per heavy atom. The first-order chi connectivity index (χ1) is 16.8. The number of rotatable bonds is 5. The van der Waals surface area contributed by atoms with Gasteiger partial charge in [0.2, 0.25) is 11.8 Å². The van der Waals surface area contributed by atoms with Crippen LogP contribution in [0, 0.1) is 0 Å². The van der Waals surface area contributed by atoms with Crippen molar-refractivity contribution in [3.05, 3.63) is 48.2 Å². The zero-order valence-electron chi connectivity index (χ0n) is 20.2. The van der Waals surface area contributed by atoms with E-state index in [9.17, 15) is 4.79 Å². The second kappa shape index (κ2) is 13.3. The van der Waals surface area contributed by atoms with Gasteiger partial charge in [0.1, 0.15) is 0 Å². The molecule has 34 heavy (non-hydrogen) atoms. The average molecular weight is 467 g/mol. The van der Waals surface area contributed by atoms with E-state index in [1.54, 1.807) is 6.20 Å². The number of para-hydroxylation sites is 2. The van der Waals surface area contributed by atoms with Crippen LogP contribution in [0.3, 0.4) is 0 Å². The summed E-state index contributed by atoms with van der Waals surface area (Å²) in [6.07, 6.45) is 9.89. The third-order valence-electron chi connectivity index (χ3n) is 6.49. The number of piperidine rings is 1. The van der Waals surface area contributed by atoms with Crippen molar-refractivity contribution in [3.63, 3.8) is 0 Å². The summed E-state index contributed by atoms with van der Waals surface area (Å²) in [6.45, 7) is 6.49. The molecule has 0 spiro atoms. The highest BCUT2D eigenvalue weighted by atomic mass is 16.5. The number of pyridine rings is 1. The van der Waals surface area contributed by atoms with E-state index in [2.05, 4.69) is 20.1 Å². The number of likely N-dealkylation sites (tertiary alicyclic amines) is 1. The molecule has 1 saturated heterocycles. The summed E-state index contributed by atoms with van der Waals surface area (Å²) >= 11 is 0. The van der Waals surface area contributed by atoms with E-state index in [0.29, 0.717) is 37.9 Å². The lowest BCUT2D eigenvalue weighted by atomic mass is 10.1. The molecule has 2 aromatic rings. The molecule has 0 atom stereocenters. The van der Waals surface area contributed by atoms with Crippen molar-refractivity contribution in [3.8, 4) is 17.4 Å². The van der Waals surface area contributed by atoms with E-state index < -0.39 is 0 Å². The third kappa shape index (κ3) is 7.71. The van der Waals surface area contributed by atoms with Crippen molar-refractivity contribution in [2.75, 3.05) is 45.9 Å². The molecule has 0 aliphatic carbocycles. The fraction of sp³-hybridized carbons (Fsp3) is 0.556. The number of nitrogens with one attached hydrogen (secondary N) is 1. The van der Waals surface area contributed by atoms with Gasteiger partial charge in [0, 0.05) is 31.4 Å². The highest BCUT2D eigenvalue weighted by Crippen LogP contribution is 2.32. The van der Waals surface area contributed by atoms with Crippen LogP contribution in [0.5, 0.6) is 17.4 Å². The first kappa shape index (κ1) is 24.5. The standard InChI is InChI=1S/C27H38N4O3/c32-26(28-15-19-30-16-7-3-8-17-30)22-31-18-6-1-2-9-20-33-24-12-4-5-13-25(24)34-27-23(21-31)11-10-14-29-27/h4-5,10-14H,1-3,6-9,15-22H2,(H,28,32). The molecule has 1 aromatic heterocycles. The highest BCUT2D eigenvalue weighted by molar-refractivity contribution is 5.78. The van der Waals surface area contributed by atoms with Crippen molar-refractivity contribution in [2.45, 2.75) is 51.5 Å². The van der Waals surface area contributed by atoms with Crippen molar-refractivity contribution >= 4 is 5.91 Å². The predicted molar refractivity (Wildman–Crippen MR) is 133 cm³/mol. The summed E-state index contributed by atoms with van der Waals surface area (Å²) in [5.41, 5.74) is 0.968. The maximum absolute atomic E-state index is 12.8. The number of hydrogen-bond acceptors (Lipinski definition) is 6. The molecule has 1 amide bonds. The van der Waals surface area contributed by atoms with Gasteiger partial charge >= 0.3 is 0 Å². The van der Waals surface area contributed by atoms with Gasteiger partial charge in [0.05, 0.1) is 13.2 Å². The van der Waals surface area contributed by atoms with Gasteiger partial charge < -0.3 is 19.7 Å². The summed E-state index contributed by atoms with van der Waals surface area (Å²) in [5, 5.41) is 3.13. The maximum atomic E-state index is 12.8. The molecule has 4 rings (SSSR count). The van der Waals surface area contributed by atoms with E-state index in [1.165, 1.54) is 19.3 Å². The smallest absolute Gasteiger partial charge is 0.234 e. The largest absolute Gasteiger partial charge is 0.490 e. The lowest BCUT2D eigenvalue weighted by molar-refractivity contribution is -0.122. The van der Waals surface area contributed by atoms with Gasteiger partial charge in [-0.05, 0) is 63.5 Å².